The maximum Gasteiger partial charge on any atom is 0.0488 e. The van der Waals surface area contributed by atoms with Gasteiger partial charge in [0.25, 0.3) is 0 Å². The molecule has 1 fully saturated rings. The molecule has 0 unspecified atom stereocenters. The summed E-state index contributed by atoms with van der Waals surface area (Å²) >= 11 is 0. The molecule has 0 radical (unpaired) electrons. The van der Waals surface area contributed by atoms with E-state index in [0.29, 0.717) is 11.3 Å². The molecule has 0 aliphatic carbocycles. The number of nitrogens with one attached hydrogen (secondary N) is 1. The summed E-state index contributed by atoms with van der Waals surface area (Å²) in [4.78, 5) is 0. The second-order valence-electron chi connectivity index (χ2n) is 5.36. The maximum absolute atomic E-state index is 5.70. The van der Waals surface area contributed by atoms with Crippen molar-refractivity contribution in [3.8, 4) is 0 Å². The van der Waals surface area contributed by atoms with E-state index in [4.69, 9.17) is 9.47 Å². The maximum atomic E-state index is 5.70. The van der Waals surface area contributed by atoms with Crippen LogP contribution in [0.5, 0.6) is 0 Å². The summed E-state index contributed by atoms with van der Waals surface area (Å²) in [5, 5.41) is 3.32. The van der Waals surface area contributed by atoms with Gasteiger partial charge in [0, 0.05) is 33.0 Å². The first-order valence-corrected chi connectivity index (χ1v) is 6.49. The highest BCUT2D eigenvalue weighted by molar-refractivity contribution is 4.83. The van der Waals surface area contributed by atoms with Crippen LogP contribution in [0.3, 0.4) is 0 Å². The van der Waals surface area contributed by atoms with E-state index in [9.17, 15) is 0 Å². The molecule has 0 amide bonds. The average molecular weight is 229 g/mol. The first-order chi connectivity index (χ1) is 7.68. The van der Waals surface area contributed by atoms with Crippen molar-refractivity contribution in [3.05, 3.63) is 0 Å². The lowest BCUT2D eigenvalue weighted by molar-refractivity contribution is -0.00778. The van der Waals surface area contributed by atoms with Gasteiger partial charge in [-0.3, -0.25) is 0 Å². The number of hydrogen-bond acceptors (Lipinski definition) is 3. The highest BCUT2D eigenvalue weighted by Crippen LogP contribution is 2.33. The van der Waals surface area contributed by atoms with Gasteiger partial charge in [-0.05, 0) is 37.6 Å². The first kappa shape index (κ1) is 13.9. The van der Waals surface area contributed by atoms with E-state index in [-0.39, 0.29) is 0 Å². The molecule has 0 bridgehead atoms. The number of ether oxygens (including phenoxy) is 2. The molecule has 0 aromatic rings. The Morgan fingerprint density at radius 3 is 2.56 bits per heavy atom. The van der Waals surface area contributed by atoms with Gasteiger partial charge in [-0.2, -0.15) is 0 Å². The lowest BCUT2D eigenvalue weighted by atomic mass is 9.77. The van der Waals surface area contributed by atoms with Gasteiger partial charge in [-0.1, -0.05) is 13.8 Å². The second kappa shape index (κ2) is 7.25. The van der Waals surface area contributed by atoms with Crippen molar-refractivity contribution in [1.29, 1.82) is 0 Å². The van der Waals surface area contributed by atoms with Gasteiger partial charge in [0.2, 0.25) is 0 Å². The third-order valence-corrected chi connectivity index (χ3v) is 3.33. The standard InChI is InChI=1S/C13H27NO2/c1-12(2)10-16-9-6-13(11-14-3)4-7-15-8-5-13/h12,14H,4-11H2,1-3H3. The van der Waals surface area contributed by atoms with E-state index < -0.39 is 0 Å². The van der Waals surface area contributed by atoms with E-state index in [1.54, 1.807) is 0 Å². The van der Waals surface area contributed by atoms with Crippen LogP contribution >= 0.6 is 0 Å². The van der Waals surface area contributed by atoms with Crippen LogP contribution < -0.4 is 5.32 Å². The quantitative estimate of drug-likeness (QED) is 0.678. The average Bonchev–Trinajstić information content (AvgIpc) is 2.26. The molecule has 0 spiro atoms. The first-order valence-electron chi connectivity index (χ1n) is 6.49. The topological polar surface area (TPSA) is 30.5 Å². The minimum absolute atomic E-state index is 0.407. The summed E-state index contributed by atoms with van der Waals surface area (Å²) in [6.07, 6.45) is 3.49. The Kier molecular flexibility index (Phi) is 6.32. The molecule has 0 atom stereocenters. The van der Waals surface area contributed by atoms with Crippen molar-refractivity contribution in [3.63, 3.8) is 0 Å². The minimum atomic E-state index is 0.407. The third-order valence-electron chi connectivity index (χ3n) is 3.33. The fourth-order valence-corrected chi connectivity index (χ4v) is 2.30. The zero-order valence-corrected chi connectivity index (χ0v) is 11.1. The summed E-state index contributed by atoms with van der Waals surface area (Å²) in [5.41, 5.74) is 0.407. The molecule has 3 heteroatoms. The zero-order valence-electron chi connectivity index (χ0n) is 11.1. The molecule has 1 aliphatic rings. The molecule has 1 heterocycles. The molecular weight excluding hydrogens is 202 g/mol. The molecule has 0 saturated carbocycles. The number of rotatable bonds is 7. The van der Waals surface area contributed by atoms with Crippen molar-refractivity contribution in [2.45, 2.75) is 33.1 Å². The van der Waals surface area contributed by atoms with Gasteiger partial charge < -0.3 is 14.8 Å². The van der Waals surface area contributed by atoms with Gasteiger partial charge in [-0.15, -0.1) is 0 Å². The number of hydrogen-bond donors (Lipinski definition) is 1. The van der Waals surface area contributed by atoms with Crippen LogP contribution in [0.1, 0.15) is 33.1 Å². The van der Waals surface area contributed by atoms with Gasteiger partial charge in [-0.25, -0.2) is 0 Å². The summed E-state index contributed by atoms with van der Waals surface area (Å²) in [5.74, 6) is 0.634. The smallest absolute Gasteiger partial charge is 0.0488 e. The summed E-state index contributed by atoms with van der Waals surface area (Å²) in [7, 11) is 2.03. The molecule has 96 valence electrons. The van der Waals surface area contributed by atoms with Crippen LogP contribution in [0, 0.1) is 11.3 Å². The molecule has 0 aromatic heterocycles. The van der Waals surface area contributed by atoms with Gasteiger partial charge in [0.1, 0.15) is 0 Å². The summed E-state index contributed by atoms with van der Waals surface area (Å²) in [6.45, 7) is 9.06. The van der Waals surface area contributed by atoms with Crippen LogP contribution in [-0.4, -0.2) is 40.0 Å². The molecule has 3 nitrogen and oxygen atoms in total. The summed E-state index contributed by atoms with van der Waals surface area (Å²) in [6, 6.07) is 0. The molecule has 1 aliphatic heterocycles. The molecular formula is C13H27NO2. The fourth-order valence-electron chi connectivity index (χ4n) is 2.30. The highest BCUT2D eigenvalue weighted by atomic mass is 16.5. The van der Waals surface area contributed by atoms with Crippen molar-refractivity contribution >= 4 is 0 Å². The Hall–Kier alpha value is -0.120. The van der Waals surface area contributed by atoms with E-state index in [1.807, 2.05) is 7.05 Å². The predicted molar refractivity (Wildman–Crippen MR) is 66.7 cm³/mol. The van der Waals surface area contributed by atoms with Crippen molar-refractivity contribution in [2.75, 3.05) is 40.0 Å². The van der Waals surface area contributed by atoms with E-state index in [0.717, 1.165) is 39.4 Å². The van der Waals surface area contributed by atoms with Gasteiger partial charge in [0.15, 0.2) is 0 Å². The largest absolute Gasteiger partial charge is 0.381 e. The van der Waals surface area contributed by atoms with Crippen LogP contribution in [0.25, 0.3) is 0 Å². The van der Waals surface area contributed by atoms with Crippen molar-refractivity contribution in [1.82, 2.24) is 5.32 Å². The predicted octanol–water partition coefficient (Wildman–Crippen LogP) is 2.07. The second-order valence-corrected chi connectivity index (χ2v) is 5.36. The van der Waals surface area contributed by atoms with Crippen LogP contribution in [0.15, 0.2) is 0 Å². The molecule has 1 saturated heterocycles. The van der Waals surface area contributed by atoms with Crippen LogP contribution in [0.4, 0.5) is 0 Å². The van der Waals surface area contributed by atoms with Crippen molar-refractivity contribution < 1.29 is 9.47 Å². The monoisotopic (exact) mass is 229 g/mol. The van der Waals surface area contributed by atoms with Gasteiger partial charge in [0.05, 0.1) is 0 Å². The molecule has 0 aromatic carbocycles. The summed E-state index contributed by atoms with van der Waals surface area (Å²) < 4.78 is 11.1. The SMILES string of the molecule is CNCC1(CCOCC(C)C)CCOCC1. The van der Waals surface area contributed by atoms with E-state index in [2.05, 4.69) is 19.2 Å². The van der Waals surface area contributed by atoms with Crippen LogP contribution in [0.2, 0.25) is 0 Å². The van der Waals surface area contributed by atoms with E-state index >= 15 is 0 Å². The van der Waals surface area contributed by atoms with Crippen molar-refractivity contribution in [2.24, 2.45) is 11.3 Å². The molecule has 1 N–H and O–H groups in total. The molecule has 1 rings (SSSR count). The van der Waals surface area contributed by atoms with E-state index in [1.165, 1.54) is 12.8 Å². The Labute approximate surface area is 99.9 Å². The third kappa shape index (κ3) is 4.81. The molecule has 16 heavy (non-hydrogen) atoms. The Morgan fingerprint density at radius 1 is 1.31 bits per heavy atom. The minimum Gasteiger partial charge on any atom is -0.381 e. The highest BCUT2D eigenvalue weighted by Gasteiger charge is 2.31. The Bertz CT molecular complexity index is 171. The van der Waals surface area contributed by atoms with Crippen LogP contribution in [-0.2, 0) is 9.47 Å². The van der Waals surface area contributed by atoms with Gasteiger partial charge >= 0.3 is 0 Å². The lowest BCUT2D eigenvalue weighted by Crippen LogP contribution is -2.39. The Morgan fingerprint density at radius 2 is 2.00 bits per heavy atom. The normalized spacial score (nSPS) is 20.2. The Balaban J connectivity index is 2.27. The fraction of sp³-hybridized carbons (Fsp3) is 1.00. The zero-order chi connectivity index (χ0) is 11.9. The lowest BCUT2D eigenvalue weighted by Gasteiger charge is -2.37.